The average Bonchev–Trinajstić information content (AvgIpc) is 3.09. The molecular formula is C11H21N3O. The fraction of sp³-hybridized carbons (Fsp3) is 0.909. The standard InChI is InChI=1S/C11H21N3O/c12-11(14-15)5-6-13-7-10(8-1-2-8)9-3-4-9/h8-10,13,15H,1-7H2,(H2,12,14). The molecule has 0 radical (unpaired) electrons. The summed E-state index contributed by atoms with van der Waals surface area (Å²) in [6.45, 7) is 1.94. The molecule has 0 atom stereocenters. The van der Waals surface area contributed by atoms with Gasteiger partial charge < -0.3 is 16.3 Å². The number of amidine groups is 1. The summed E-state index contributed by atoms with van der Waals surface area (Å²) in [4.78, 5) is 0. The molecule has 0 aliphatic heterocycles. The van der Waals surface area contributed by atoms with Gasteiger partial charge in [-0.05, 0) is 50.0 Å². The van der Waals surface area contributed by atoms with E-state index in [1.54, 1.807) is 0 Å². The molecule has 15 heavy (non-hydrogen) atoms. The Balaban J connectivity index is 1.59. The zero-order chi connectivity index (χ0) is 10.7. The number of nitrogens with one attached hydrogen (secondary N) is 1. The van der Waals surface area contributed by atoms with E-state index in [0.29, 0.717) is 12.3 Å². The molecule has 2 fully saturated rings. The topological polar surface area (TPSA) is 70.6 Å². The van der Waals surface area contributed by atoms with Crippen molar-refractivity contribution in [1.29, 1.82) is 0 Å². The SMILES string of the molecule is NC(CCNCC(C1CC1)C1CC1)=NO. The van der Waals surface area contributed by atoms with Crippen molar-refractivity contribution < 1.29 is 5.21 Å². The first-order valence-corrected chi connectivity index (χ1v) is 5.98. The minimum Gasteiger partial charge on any atom is -0.409 e. The van der Waals surface area contributed by atoms with Gasteiger partial charge in [0.2, 0.25) is 0 Å². The number of hydrogen-bond acceptors (Lipinski definition) is 3. The van der Waals surface area contributed by atoms with Crippen molar-refractivity contribution >= 4 is 5.84 Å². The van der Waals surface area contributed by atoms with Gasteiger partial charge in [0.05, 0.1) is 0 Å². The lowest BCUT2D eigenvalue weighted by Crippen LogP contribution is -2.29. The van der Waals surface area contributed by atoms with Gasteiger partial charge in [-0.15, -0.1) is 0 Å². The minimum absolute atomic E-state index is 0.317. The van der Waals surface area contributed by atoms with Crippen LogP contribution in [0, 0.1) is 17.8 Å². The highest BCUT2D eigenvalue weighted by Gasteiger charge is 2.40. The summed E-state index contributed by atoms with van der Waals surface area (Å²) < 4.78 is 0. The first-order chi connectivity index (χ1) is 7.31. The van der Waals surface area contributed by atoms with Crippen molar-refractivity contribution in [3.63, 3.8) is 0 Å². The van der Waals surface area contributed by atoms with Crippen LogP contribution in [0.3, 0.4) is 0 Å². The first-order valence-electron chi connectivity index (χ1n) is 5.98. The first kappa shape index (κ1) is 10.7. The second-order valence-corrected chi connectivity index (χ2v) is 4.88. The summed E-state index contributed by atoms with van der Waals surface area (Å²) in [5, 5.41) is 14.8. The highest BCUT2D eigenvalue weighted by Crippen LogP contribution is 2.48. The molecule has 0 aromatic heterocycles. The van der Waals surface area contributed by atoms with Crippen LogP contribution in [-0.2, 0) is 0 Å². The Kier molecular flexibility index (Phi) is 3.46. The second-order valence-electron chi connectivity index (χ2n) is 4.88. The van der Waals surface area contributed by atoms with Crippen molar-refractivity contribution in [3.05, 3.63) is 0 Å². The summed E-state index contributed by atoms with van der Waals surface area (Å²) in [6, 6.07) is 0. The van der Waals surface area contributed by atoms with Crippen LogP contribution in [0.4, 0.5) is 0 Å². The molecule has 2 aliphatic rings. The number of rotatable bonds is 7. The van der Waals surface area contributed by atoms with Crippen molar-refractivity contribution in [3.8, 4) is 0 Å². The predicted molar refractivity (Wildman–Crippen MR) is 59.8 cm³/mol. The van der Waals surface area contributed by atoms with Crippen molar-refractivity contribution in [2.24, 2.45) is 28.6 Å². The second kappa shape index (κ2) is 4.84. The normalized spacial score (nSPS) is 22.3. The molecule has 0 heterocycles. The van der Waals surface area contributed by atoms with Crippen molar-refractivity contribution in [2.75, 3.05) is 13.1 Å². The van der Waals surface area contributed by atoms with Gasteiger partial charge in [0, 0.05) is 13.0 Å². The summed E-state index contributed by atoms with van der Waals surface area (Å²) in [7, 11) is 0. The van der Waals surface area contributed by atoms with Gasteiger partial charge in [0.25, 0.3) is 0 Å². The Hall–Kier alpha value is -0.770. The molecular weight excluding hydrogens is 190 g/mol. The monoisotopic (exact) mass is 211 g/mol. The Morgan fingerprint density at radius 1 is 1.33 bits per heavy atom. The van der Waals surface area contributed by atoms with Crippen molar-refractivity contribution in [1.82, 2.24) is 5.32 Å². The quantitative estimate of drug-likeness (QED) is 0.194. The van der Waals surface area contributed by atoms with E-state index in [4.69, 9.17) is 10.9 Å². The van der Waals surface area contributed by atoms with Crippen LogP contribution in [0.25, 0.3) is 0 Å². The lowest BCUT2D eigenvalue weighted by Gasteiger charge is -2.15. The Labute approximate surface area is 90.9 Å². The zero-order valence-electron chi connectivity index (χ0n) is 9.15. The molecule has 4 nitrogen and oxygen atoms in total. The van der Waals surface area contributed by atoms with Crippen LogP contribution in [0.15, 0.2) is 5.16 Å². The van der Waals surface area contributed by atoms with E-state index in [1.807, 2.05) is 0 Å². The maximum atomic E-state index is 8.37. The molecule has 4 heteroatoms. The van der Waals surface area contributed by atoms with Gasteiger partial charge in [-0.2, -0.15) is 0 Å². The fourth-order valence-electron chi connectivity index (χ4n) is 2.30. The van der Waals surface area contributed by atoms with E-state index < -0.39 is 0 Å². The lowest BCUT2D eigenvalue weighted by molar-refractivity contribution is 0.316. The number of nitrogens with two attached hydrogens (primary N) is 1. The van der Waals surface area contributed by atoms with Crippen LogP contribution in [0.1, 0.15) is 32.1 Å². The lowest BCUT2D eigenvalue weighted by atomic mass is 9.98. The minimum atomic E-state index is 0.317. The third-order valence-corrected chi connectivity index (χ3v) is 3.52. The van der Waals surface area contributed by atoms with Gasteiger partial charge in [0.15, 0.2) is 0 Å². The molecule has 2 rings (SSSR count). The third-order valence-electron chi connectivity index (χ3n) is 3.52. The third kappa shape index (κ3) is 3.38. The molecule has 0 saturated heterocycles. The van der Waals surface area contributed by atoms with Gasteiger partial charge in [-0.3, -0.25) is 0 Å². The number of hydrogen-bond donors (Lipinski definition) is 3. The van der Waals surface area contributed by atoms with Crippen molar-refractivity contribution in [2.45, 2.75) is 32.1 Å². The molecule has 0 aromatic rings. The van der Waals surface area contributed by atoms with Gasteiger partial charge in [-0.1, -0.05) is 5.16 Å². The van der Waals surface area contributed by atoms with Crippen LogP contribution in [0.2, 0.25) is 0 Å². The molecule has 4 N–H and O–H groups in total. The molecule has 2 aliphatic carbocycles. The molecule has 0 amide bonds. The Bertz CT molecular complexity index is 222. The molecule has 2 saturated carbocycles. The fourth-order valence-corrected chi connectivity index (χ4v) is 2.30. The molecule has 86 valence electrons. The summed E-state index contributed by atoms with van der Waals surface area (Å²) in [5.41, 5.74) is 5.39. The molecule has 0 unspecified atom stereocenters. The molecule has 0 bridgehead atoms. The highest BCUT2D eigenvalue weighted by atomic mass is 16.4. The molecule has 0 spiro atoms. The van der Waals surface area contributed by atoms with E-state index in [1.165, 1.54) is 25.7 Å². The van der Waals surface area contributed by atoms with E-state index in [-0.39, 0.29) is 0 Å². The van der Waals surface area contributed by atoms with Gasteiger partial charge in [0.1, 0.15) is 5.84 Å². The van der Waals surface area contributed by atoms with E-state index >= 15 is 0 Å². The summed E-state index contributed by atoms with van der Waals surface area (Å²) >= 11 is 0. The predicted octanol–water partition coefficient (Wildman–Crippen LogP) is 1.15. The van der Waals surface area contributed by atoms with Gasteiger partial charge in [-0.25, -0.2) is 0 Å². The Morgan fingerprint density at radius 2 is 1.93 bits per heavy atom. The maximum Gasteiger partial charge on any atom is 0.140 e. The van der Waals surface area contributed by atoms with E-state index in [2.05, 4.69) is 10.5 Å². The summed E-state index contributed by atoms with van der Waals surface area (Å²) in [6.07, 6.45) is 6.37. The largest absolute Gasteiger partial charge is 0.409 e. The van der Waals surface area contributed by atoms with Crippen LogP contribution in [0.5, 0.6) is 0 Å². The summed E-state index contributed by atoms with van der Waals surface area (Å²) in [5.74, 6) is 3.21. The van der Waals surface area contributed by atoms with E-state index in [9.17, 15) is 0 Å². The average molecular weight is 211 g/mol. The zero-order valence-corrected chi connectivity index (χ0v) is 9.15. The Morgan fingerprint density at radius 3 is 2.40 bits per heavy atom. The van der Waals surface area contributed by atoms with Crippen LogP contribution < -0.4 is 11.1 Å². The maximum absolute atomic E-state index is 8.37. The number of nitrogens with zero attached hydrogens (tertiary/aromatic N) is 1. The van der Waals surface area contributed by atoms with E-state index in [0.717, 1.165) is 30.8 Å². The van der Waals surface area contributed by atoms with Crippen LogP contribution in [-0.4, -0.2) is 24.1 Å². The highest BCUT2D eigenvalue weighted by molar-refractivity contribution is 5.79. The number of oxime groups is 1. The molecule has 0 aromatic carbocycles. The van der Waals surface area contributed by atoms with Gasteiger partial charge >= 0.3 is 0 Å². The van der Waals surface area contributed by atoms with Crippen LogP contribution >= 0.6 is 0 Å². The smallest absolute Gasteiger partial charge is 0.140 e.